The smallest absolute Gasteiger partial charge is 0.315 e. The molecule has 130 valence electrons. The monoisotopic (exact) mass is 329 g/mol. The van der Waals surface area contributed by atoms with Crippen molar-refractivity contribution in [2.45, 2.75) is 46.7 Å². The number of aromatic nitrogens is 3. The lowest BCUT2D eigenvalue weighted by atomic mass is 9.97. The lowest BCUT2D eigenvalue weighted by molar-refractivity contribution is 0.229. The zero-order valence-electron chi connectivity index (χ0n) is 15.3. The Hall–Kier alpha value is -2.37. The molecule has 0 saturated carbocycles. The molecular weight excluding hydrogens is 302 g/mol. The average Bonchev–Trinajstić information content (AvgIpc) is 2.84. The van der Waals surface area contributed by atoms with E-state index in [2.05, 4.69) is 34.6 Å². The van der Waals surface area contributed by atoms with Crippen molar-refractivity contribution >= 4 is 6.03 Å². The van der Waals surface area contributed by atoms with Crippen molar-refractivity contribution in [3.05, 3.63) is 47.0 Å². The van der Waals surface area contributed by atoms with Crippen molar-refractivity contribution in [1.29, 1.82) is 0 Å². The van der Waals surface area contributed by atoms with E-state index in [4.69, 9.17) is 0 Å². The molecule has 2 rings (SSSR count). The van der Waals surface area contributed by atoms with Gasteiger partial charge in [-0.3, -0.25) is 9.67 Å². The molecular formula is C18H27N5O. The van der Waals surface area contributed by atoms with Crippen molar-refractivity contribution in [3.8, 4) is 0 Å². The minimum absolute atomic E-state index is 0.114. The third-order valence-electron chi connectivity index (χ3n) is 4.16. The zero-order chi connectivity index (χ0) is 17.9. The van der Waals surface area contributed by atoms with E-state index >= 15 is 0 Å². The zero-order valence-corrected chi connectivity index (χ0v) is 15.3. The lowest BCUT2D eigenvalue weighted by Gasteiger charge is -2.24. The highest BCUT2D eigenvalue weighted by molar-refractivity contribution is 5.75. The maximum Gasteiger partial charge on any atom is 0.315 e. The van der Waals surface area contributed by atoms with Crippen molar-refractivity contribution in [2.75, 3.05) is 0 Å². The molecule has 2 N–H and O–H groups in total. The minimum atomic E-state index is -0.200. The SMILES string of the molecule is Cc1cccnc1[C@@H](NC(=O)N[C@H](C)c1cn(C)nc1C)C(C)C. The van der Waals surface area contributed by atoms with Gasteiger partial charge >= 0.3 is 6.03 Å². The molecule has 0 aliphatic heterocycles. The first kappa shape index (κ1) is 18.0. The van der Waals surface area contributed by atoms with Gasteiger partial charge in [0.2, 0.25) is 0 Å². The van der Waals surface area contributed by atoms with E-state index in [9.17, 15) is 4.79 Å². The Morgan fingerprint density at radius 1 is 1.21 bits per heavy atom. The molecule has 2 aromatic heterocycles. The van der Waals surface area contributed by atoms with E-state index in [1.54, 1.807) is 10.9 Å². The van der Waals surface area contributed by atoms with Gasteiger partial charge in [0.15, 0.2) is 0 Å². The normalized spacial score (nSPS) is 13.6. The topological polar surface area (TPSA) is 71.8 Å². The van der Waals surface area contributed by atoms with Crippen LogP contribution in [-0.2, 0) is 7.05 Å². The van der Waals surface area contributed by atoms with Crippen LogP contribution in [0.5, 0.6) is 0 Å². The van der Waals surface area contributed by atoms with Crippen LogP contribution in [0, 0.1) is 19.8 Å². The molecule has 2 heterocycles. The molecule has 0 saturated heterocycles. The van der Waals surface area contributed by atoms with Gasteiger partial charge in [0.1, 0.15) is 0 Å². The van der Waals surface area contributed by atoms with Crippen LogP contribution in [0.2, 0.25) is 0 Å². The number of urea groups is 1. The van der Waals surface area contributed by atoms with Crippen molar-refractivity contribution in [2.24, 2.45) is 13.0 Å². The summed E-state index contributed by atoms with van der Waals surface area (Å²) in [6.07, 6.45) is 3.70. The van der Waals surface area contributed by atoms with Crippen LogP contribution in [-0.4, -0.2) is 20.8 Å². The second kappa shape index (κ2) is 7.47. The van der Waals surface area contributed by atoms with Crippen LogP contribution < -0.4 is 10.6 Å². The van der Waals surface area contributed by atoms with E-state index in [-0.39, 0.29) is 24.0 Å². The Balaban J connectivity index is 2.09. The van der Waals surface area contributed by atoms with Crippen molar-refractivity contribution < 1.29 is 4.79 Å². The Morgan fingerprint density at radius 2 is 1.92 bits per heavy atom. The molecule has 24 heavy (non-hydrogen) atoms. The van der Waals surface area contributed by atoms with Crippen LogP contribution in [0.25, 0.3) is 0 Å². The van der Waals surface area contributed by atoms with E-state index in [0.717, 1.165) is 22.5 Å². The fraction of sp³-hybridized carbons (Fsp3) is 0.500. The molecule has 0 aliphatic carbocycles. The molecule has 2 atom stereocenters. The molecule has 2 aromatic rings. The molecule has 0 aromatic carbocycles. The quantitative estimate of drug-likeness (QED) is 0.885. The second-order valence-electron chi connectivity index (χ2n) is 6.61. The summed E-state index contributed by atoms with van der Waals surface area (Å²) in [5, 5.41) is 10.4. The van der Waals surface area contributed by atoms with Gasteiger partial charge in [-0.2, -0.15) is 5.10 Å². The number of rotatable bonds is 5. The maximum atomic E-state index is 12.5. The van der Waals surface area contributed by atoms with E-state index in [0.29, 0.717) is 0 Å². The highest BCUT2D eigenvalue weighted by Gasteiger charge is 2.22. The Morgan fingerprint density at radius 3 is 2.46 bits per heavy atom. The molecule has 0 fully saturated rings. The molecule has 0 bridgehead atoms. The van der Waals surface area contributed by atoms with Crippen LogP contribution in [0.4, 0.5) is 4.79 Å². The van der Waals surface area contributed by atoms with Gasteiger partial charge in [0.05, 0.1) is 23.5 Å². The van der Waals surface area contributed by atoms with Gasteiger partial charge in [-0.1, -0.05) is 19.9 Å². The van der Waals surface area contributed by atoms with E-state index in [1.807, 2.05) is 46.1 Å². The third-order valence-corrected chi connectivity index (χ3v) is 4.16. The highest BCUT2D eigenvalue weighted by atomic mass is 16.2. The van der Waals surface area contributed by atoms with Crippen LogP contribution in [0.15, 0.2) is 24.5 Å². The lowest BCUT2D eigenvalue weighted by Crippen LogP contribution is -2.41. The first-order chi connectivity index (χ1) is 11.3. The molecule has 0 spiro atoms. The number of hydrogen-bond acceptors (Lipinski definition) is 3. The molecule has 0 radical (unpaired) electrons. The summed E-state index contributed by atoms with van der Waals surface area (Å²) >= 11 is 0. The summed E-state index contributed by atoms with van der Waals surface area (Å²) in [5.74, 6) is 0.236. The number of nitrogens with zero attached hydrogens (tertiary/aromatic N) is 3. The standard InChI is InChI=1S/C18H27N5O/c1-11(2)16(17-12(3)8-7-9-19-17)21-18(24)20-13(4)15-10-23(6)22-14(15)5/h7-11,13,16H,1-6H3,(H2,20,21,24)/t13-,16+/m1/s1. The van der Waals surface area contributed by atoms with Crippen LogP contribution in [0.3, 0.4) is 0 Å². The molecule has 6 nitrogen and oxygen atoms in total. The number of carbonyl (C=O) groups excluding carboxylic acids is 1. The van der Waals surface area contributed by atoms with E-state index < -0.39 is 0 Å². The van der Waals surface area contributed by atoms with Gasteiger partial charge in [0, 0.05) is 25.0 Å². The number of carbonyl (C=O) groups is 1. The van der Waals surface area contributed by atoms with Gasteiger partial charge in [-0.25, -0.2) is 4.79 Å². The summed E-state index contributed by atoms with van der Waals surface area (Å²) in [6, 6.07) is 3.47. The number of aryl methyl sites for hydroxylation is 3. The number of nitrogens with one attached hydrogen (secondary N) is 2. The molecule has 6 heteroatoms. The Labute approximate surface area is 143 Å². The minimum Gasteiger partial charge on any atom is -0.332 e. The maximum absolute atomic E-state index is 12.5. The summed E-state index contributed by atoms with van der Waals surface area (Å²) in [6.45, 7) is 10.1. The fourth-order valence-corrected chi connectivity index (χ4v) is 2.87. The second-order valence-corrected chi connectivity index (χ2v) is 6.61. The van der Waals surface area contributed by atoms with Crippen molar-refractivity contribution in [1.82, 2.24) is 25.4 Å². The molecule has 0 aliphatic rings. The van der Waals surface area contributed by atoms with Crippen molar-refractivity contribution in [3.63, 3.8) is 0 Å². The number of pyridine rings is 1. The predicted octanol–water partition coefficient (Wildman–Crippen LogP) is 3.19. The highest BCUT2D eigenvalue weighted by Crippen LogP contribution is 2.23. The number of hydrogen-bond donors (Lipinski definition) is 2. The largest absolute Gasteiger partial charge is 0.332 e. The Kier molecular flexibility index (Phi) is 5.59. The van der Waals surface area contributed by atoms with Crippen LogP contribution in [0.1, 0.15) is 55.4 Å². The molecule has 2 amide bonds. The summed E-state index contributed by atoms with van der Waals surface area (Å²) in [7, 11) is 1.88. The first-order valence-electron chi connectivity index (χ1n) is 8.28. The van der Waals surface area contributed by atoms with Crippen LogP contribution >= 0.6 is 0 Å². The first-order valence-corrected chi connectivity index (χ1v) is 8.28. The predicted molar refractivity (Wildman–Crippen MR) is 94.6 cm³/mol. The van der Waals surface area contributed by atoms with Gasteiger partial charge in [-0.15, -0.1) is 0 Å². The van der Waals surface area contributed by atoms with E-state index in [1.165, 1.54) is 0 Å². The fourth-order valence-electron chi connectivity index (χ4n) is 2.87. The van der Waals surface area contributed by atoms with Gasteiger partial charge < -0.3 is 10.6 Å². The molecule has 0 unspecified atom stereocenters. The number of amides is 2. The van der Waals surface area contributed by atoms with Gasteiger partial charge in [-0.05, 0) is 38.3 Å². The summed E-state index contributed by atoms with van der Waals surface area (Å²) in [4.78, 5) is 16.9. The average molecular weight is 329 g/mol. The summed E-state index contributed by atoms with van der Waals surface area (Å²) < 4.78 is 1.76. The third kappa shape index (κ3) is 4.13. The Bertz CT molecular complexity index is 707. The van der Waals surface area contributed by atoms with Gasteiger partial charge in [0.25, 0.3) is 0 Å². The summed E-state index contributed by atoms with van der Waals surface area (Å²) in [5.41, 5.74) is 3.93.